The van der Waals surface area contributed by atoms with Crippen LogP contribution in [0.5, 0.6) is 5.75 Å². The van der Waals surface area contributed by atoms with Crippen molar-refractivity contribution in [1.29, 1.82) is 0 Å². The van der Waals surface area contributed by atoms with Gasteiger partial charge in [0.1, 0.15) is 16.6 Å². The number of aromatic nitrogens is 2. The van der Waals surface area contributed by atoms with Gasteiger partial charge in [0.2, 0.25) is 0 Å². The number of carbonyl (C=O) groups is 1. The largest absolute Gasteiger partial charge is 0.508 e. The summed E-state index contributed by atoms with van der Waals surface area (Å²) in [7, 11) is 2.15. The summed E-state index contributed by atoms with van der Waals surface area (Å²) in [6, 6.07) is 9.42. The zero-order valence-electron chi connectivity index (χ0n) is 15.3. The molecule has 0 amide bonds. The molecule has 8 heteroatoms. The van der Waals surface area contributed by atoms with Crippen LogP contribution in [0.1, 0.15) is 6.92 Å². The van der Waals surface area contributed by atoms with Crippen molar-refractivity contribution < 1.29 is 15.0 Å². The predicted octanol–water partition coefficient (Wildman–Crippen LogP) is 2.91. The van der Waals surface area contributed by atoms with Crippen molar-refractivity contribution >= 4 is 33.3 Å². The Morgan fingerprint density at radius 2 is 1.85 bits per heavy atom. The number of hydrogen-bond acceptors (Lipinski definition) is 7. The van der Waals surface area contributed by atoms with E-state index in [-0.39, 0.29) is 5.75 Å². The molecule has 3 heterocycles. The average molecular weight is 386 g/mol. The molecule has 0 radical (unpaired) electrons. The highest BCUT2D eigenvalue weighted by Gasteiger charge is 2.15. The van der Waals surface area contributed by atoms with Crippen molar-refractivity contribution in [2.24, 2.45) is 0 Å². The summed E-state index contributed by atoms with van der Waals surface area (Å²) in [5.74, 6) is 0.469. The second-order valence-corrected chi connectivity index (χ2v) is 7.42. The molecule has 7 nitrogen and oxygen atoms in total. The zero-order chi connectivity index (χ0) is 19.4. The number of thiazole rings is 1. The fraction of sp³-hybridized carbons (Fsp3) is 0.316. The monoisotopic (exact) mass is 386 g/mol. The first kappa shape index (κ1) is 19.1. The minimum atomic E-state index is -0.833. The fourth-order valence-corrected chi connectivity index (χ4v) is 3.76. The number of carboxylic acids is 1. The van der Waals surface area contributed by atoms with Crippen molar-refractivity contribution in [2.75, 3.05) is 38.1 Å². The van der Waals surface area contributed by atoms with Gasteiger partial charge in [0.25, 0.3) is 5.97 Å². The molecular formula is C19H22N4O3S. The van der Waals surface area contributed by atoms with Crippen LogP contribution in [0, 0.1) is 0 Å². The van der Waals surface area contributed by atoms with Crippen LogP contribution in [0.25, 0.3) is 20.8 Å². The van der Waals surface area contributed by atoms with Crippen LogP contribution >= 0.6 is 11.3 Å². The number of phenolic OH excluding ortho intramolecular Hbond substituents is 1. The summed E-state index contributed by atoms with van der Waals surface area (Å²) in [6.45, 7) is 5.27. The van der Waals surface area contributed by atoms with Crippen LogP contribution in [0.4, 0.5) is 5.82 Å². The van der Waals surface area contributed by atoms with E-state index in [4.69, 9.17) is 9.90 Å². The number of aliphatic carboxylic acids is 1. The van der Waals surface area contributed by atoms with Gasteiger partial charge in [0.15, 0.2) is 0 Å². The zero-order valence-corrected chi connectivity index (χ0v) is 16.1. The Morgan fingerprint density at radius 1 is 1.15 bits per heavy atom. The van der Waals surface area contributed by atoms with E-state index in [1.807, 2.05) is 12.3 Å². The lowest BCUT2D eigenvalue weighted by Gasteiger charge is -2.33. The highest BCUT2D eigenvalue weighted by molar-refractivity contribution is 7.21. The van der Waals surface area contributed by atoms with E-state index in [9.17, 15) is 5.11 Å². The first-order valence-electron chi connectivity index (χ1n) is 8.61. The second-order valence-electron chi connectivity index (χ2n) is 6.39. The third-order valence-electron chi connectivity index (χ3n) is 4.19. The van der Waals surface area contributed by atoms with Crippen molar-refractivity contribution in [3.63, 3.8) is 0 Å². The number of nitrogens with zero attached hydrogens (tertiary/aromatic N) is 4. The molecule has 1 aliphatic heterocycles. The summed E-state index contributed by atoms with van der Waals surface area (Å²) in [5.41, 5.74) is 1.93. The van der Waals surface area contributed by atoms with E-state index >= 15 is 0 Å². The quantitative estimate of drug-likeness (QED) is 0.700. The van der Waals surface area contributed by atoms with Gasteiger partial charge in [-0.3, -0.25) is 4.79 Å². The Hall–Kier alpha value is -2.71. The van der Waals surface area contributed by atoms with Gasteiger partial charge in [0.05, 0.1) is 10.2 Å². The Labute approximate surface area is 161 Å². The molecule has 0 bridgehead atoms. The molecule has 0 aliphatic carbocycles. The molecule has 0 unspecified atom stereocenters. The molecule has 27 heavy (non-hydrogen) atoms. The van der Waals surface area contributed by atoms with Crippen molar-refractivity contribution in [3.05, 3.63) is 36.5 Å². The molecule has 1 fully saturated rings. The molecule has 0 atom stereocenters. The van der Waals surface area contributed by atoms with Crippen molar-refractivity contribution in [1.82, 2.24) is 14.9 Å². The SMILES string of the molecule is CC(=O)O.CN1CCN(c2ccc(-c3nc4ccc(O)cc4s3)cn2)CC1. The highest BCUT2D eigenvalue weighted by atomic mass is 32.1. The second kappa shape index (κ2) is 8.32. The fourth-order valence-electron chi connectivity index (χ4n) is 2.77. The molecule has 1 aromatic carbocycles. The number of hydrogen-bond donors (Lipinski definition) is 2. The molecule has 2 N–H and O–H groups in total. The van der Waals surface area contributed by atoms with E-state index in [0.717, 1.165) is 59.7 Å². The maximum atomic E-state index is 9.57. The Kier molecular flexibility index (Phi) is 5.88. The van der Waals surface area contributed by atoms with E-state index in [1.165, 1.54) is 0 Å². The van der Waals surface area contributed by atoms with Crippen LogP contribution in [-0.4, -0.2) is 64.3 Å². The number of benzene rings is 1. The molecule has 2 aromatic heterocycles. The number of aromatic hydroxyl groups is 1. The third-order valence-corrected chi connectivity index (χ3v) is 5.26. The normalized spacial score (nSPS) is 14.7. The third kappa shape index (κ3) is 4.93. The number of carboxylic acid groups (broad SMARTS) is 1. The number of fused-ring (bicyclic) bond motifs is 1. The van der Waals surface area contributed by atoms with E-state index in [0.29, 0.717) is 0 Å². The van der Waals surface area contributed by atoms with Gasteiger partial charge in [-0.15, -0.1) is 11.3 Å². The number of anilines is 1. The number of likely N-dealkylation sites (N-methyl/N-ethyl adjacent to an activating group) is 1. The van der Waals surface area contributed by atoms with Gasteiger partial charge in [-0.05, 0) is 37.4 Å². The van der Waals surface area contributed by atoms with E-state index < -0.39 is 5.97 Å². The van der Waals surface area contributed by atoms with E-state index in [1.54, 1.807) is 23.5 Å². The summed E-state index contributed by atoms with van der Waals surface area (Å²) in [5, 5.41) is 17.9. The minimum Gasteiger partial charge on any atom is -0.508 e. The minimum absolute atomic E-state index is 0.274. The molecule has 1 saturated heterocycles. The van der Waals surface area contributed by atoms with Crippen LogP contribution in [-0.2, 0) is 4.79 Å². The standard InChI is InChI=1S/C17H18N4OS.C2H4O2/c1-20-6-8-21(9-7-20)16-5-2-12(11-18-16)17-19-14-4-3-13(22)10-15(14)23-17;1-2(3)4/h2-5,10-11,22H,6-9H2,1H3;1H3,(H,3,4). The van der Waals surface area contributed by atoms with Gasteiger partial charge in [-0.2, -0.15) is 0 Å². The number of piperazine rings is 1. The van der Waals surface area contributed by atoms with Gasteiger partial charge in [-0.1, -0.05) is 0 Å². The Bertz CT molecular complexity index is 914. The molecule has 142 valence electrons. The summed E-state index contributed by atoms with van der Waals surface area (Å²) in [4.78, 5) is 22.9. The average Bonchev–Trinajstić information content (AvgIpc) is 3.05. The summed E-state index contributed by atoms with van der Waals surface area (Å²) >= 11 is 1.57. The molecule has 1 aliphatic rings. The van der Waals surface area contributed by atoms with Gasteiger partial charge >= 0.3 is 0 Å². The van der Waals surface area contributed by atoms with Gasteiger partial charge in [0, 0.05) is 44.9 Å². The Balaban J connectivity index is 0.000000481. The Morgan fingerprint density at radius 3 is 2.48 bits per heavy atom. The van der Waals surface area contributed by atoms with Crippen molar-refractivity contribution in [3.8, 4) is 16.3 Å². The first-order chi connectivity index (χ1) is 12.9. The lowest BCUT2D eigenvalue weighted by atomic mass is 10.2. The summed E-state index contributed by atoms with van der Waals surface area (Å²) in [6.07, 6.45) is 1.89. The van der Waals surface area contributed by atoms with Crippen LogP contribution in [0.2, 0.25) is 0 Å². The lowest BCUT2D eigenvalue weighted by Crippen LogP contribution is -2.44. The van der Waals surface area contributed by atoms with E-state index in [2.05, 4.69) is 38.9 Å². The lowest BCUT2D eigenvalue weighted by molar-refractivity contribution is -0.134. The number of rotatable bonds is 2. The number of pyridine rings is 1. The topological polar surface area (TPSA) is 89.8 Å². The van der Waals surface area contributed by atoms with Crippen LogP contribution in [0.15, 0.2) is 36.5 Å². The van der Waals surface area contributed by atoms with Crippen molar-refractivity contribution in [2.45, 2.75) is 6.92 Å². The number of phenols is 1. The maximum Gasteiger partial charge on any atom is 0.300 e. The van der Waals surface area contributed by atoms with Crippen LogP contribution in [0.3, 0.4) is 0 Å². The molecule has 3 aromatic rings. The maximum absolute atomic E-state index is 9.57. The summed E-state index contributed by atoms with van der Waals surface area (Å²) < 4.78 is 0.989. The van der Waals surface area contributed by atoms with Crippen LogP contribution < -0.4 is 4.90 Å². The van der Waals surface area contributed by atoms with Gasteiger partial charge in [-0.25, -0.2) is 9.97 Å². The molecule has 0 saturated carbocycles. The molecular weight excluding hydrogens is 364 g/mol. The molecule has 4 rings (SSSR count). The molecule has 0 spiro atoms. The smallest absolute Gasteiger partial charge is 0.300 e. The van der Waals surface area contributed by atoms with Gasteiger partial charge < -0.3 is 20.0 Å². The highest BCUT2D eigenvalue weighted by Crippen LogP contribution is 2.32. The first-order valence-corrected chi connectivity index (χ1v) is 9.43. The predicted molar refractivity (Wildman–Crippen MR) is 108 cm³/mol.